The molecule has 1 N–H and O–H groups in total. The third-order valence-corrected chi connectivity index (χ3v) is 4.24. The molecule has 0 spiro atoms. The molecule has 0 unspecified atom stereocenters. The zero-order valence-electron chi connectivity index (χ0n) is 14.4. The predicted molar refractivity (Wildman–Crippen MR) is 89.6 cm³/mol. The van der Waals surface area contributed by atoms with Gasteiger partial charge < -0.3 is 15.0 Å². The van der Waals surface area contributed by atoms with Gasteiger partial charge in [0.2, 0.25) is 0 Å². The summed E-state index contributed by atoms with van der Waals surface area (Å²) in [7, 11) is 0. The van der Waals surface area contributed by atoms with E-state index >= 15 is 0 Å². The molecule has 1 atom stereocenters. The molecule has 0 aliphatic carbocycles. The fourth-order valence-electron chi connectivity index (χ4n) is 2.62. The number of carbonyl (C=O) groups is 3. The normalized spacial score (nSPS) is 15.0. The van der Waals surface area contributed by atoms with Crippen molar-refractivity contribution in [2.75, 3.05) is 19.6 Å². The monoisotopic (exact) mass is 332 g/mol. The van der Waals surface area contributed by atoms with Gasteiger partial charge in [0.15, 0.2) is 6.10 Å². The van der Waals surface area contributed by atoms with Crippen LogP contribution in [0.3, 0.4) is 0 Å². The molecular formula is C18H24N2O4. The summed E-state index contributed by atoms with van der Waals surface area (Å²) < 4.78 is 5.11. The first-order chi connectivity index (χ1) is 11.4. The summed E-state index contributed by atoms with van der Waals surface area (Å²) in [6, 6.07) is 5.34. The number of aryl methyl sites for hydroxylation is 2. The van der Waals surface area contributed by atoms with Gasteiger partial charge in [-0.05, 0) is 56.9 Å². The SMILES string of the molecule is Cc1ccc(C(=O)NCC(=O)O[C@@H](C)C(=O)N2CCCC2)cc1C. The zero-order chi connectivity index (χ0) is 17.7. The van der Waals surface area contributed by atoms with E-state index in [9.17, 15) is 14.4 Å². The van der Waals surface area contributed by atoms with E-state index in [0.29, 0.717) is 18.7 Å². The molecule has 1 aromatic rings. The Morgan fingerprint density at radius 2 is 1.83 bits per heavy atom. The van der Waals surface area contributed by atoms with Crippen molar-refractivity contribution in [3.8, 4) is 0 Å². The van der Waals surface area contributed by atoms with Crippen LogP contribution in [-0.4, -0.2) is 48.4 Å². The largest absolute Gasteiger partial charge is 0.451 e. The number of hydrogen-bond acceptors (Lipinski definition) is 4. The van der Waals surface area contributed by atoms with E-state index in [1.807, 2.05) is 19.9 Å². The van der Waals surface area contributed by atoms with E-state index in [1.54, 1.807) is 24.0 Å². The van der Waals surface area contributed by atoms with Crippen LogP contribution in [0.4, 0.5) is 0 Å². The summed E-state index contributed by atoms with van der Waals surface area (Å²) in [4.78, 5) is 37.6. The predicted octanol–water partition coefficient (Wildman–Crippen LogP) is 1.59. The minimum Gasteiger partial charge on any atom is -0.451 e. The number of likely N-dealkylation sites (tertiary alicyclic amines) is 1. The van der Waals surface area contributed by atoms with Crippen LogP contribution in [0.25, 0.3) is 0 Å². The second-order valence-electron chi connectivity index (χ2n) is 6.15. The maximum Gasteiger partial charge on any atom is 0.326 e. The standard InChI is InChI=1S/C18H24N2O4/c1-12-6-7-15(10-13(12)2)17(22)19-11-16(21)24-14(3)18(23)20-8-4-5-9-20/h6-7,10,14H,4-5,8-9,11H2,1-3H3,(H,19,22)/t14-/m0/s1. The number of amides is 2. The van der Waals surface area contributed by atoms with Crippen LogP contribution in [0.5, 0.6) is 0 Å². The fraction of sp³-hybridized carbons (Fsp3) is 0.500. The lowest BCUT2D eigenvalue weighted by atomic mass is 10.1. The number of nitrogens with one attached hydrogen (secondary N) is 1. The lowest BCUT2D eigenvalue weighted by Gasteiger charge is -2.20. The van der Waals surface area contributed by atoms with Crippen molar-refractivity contribution >= 4 is 17.8 Å². The first-order valence-corrected chi connectivity index (χ1v) is 8.22. The quantitative estimate of drug-likeness (QED) is 0.831. The molecule has 1 fully saturated rings. The fourth-order valence-corrected chi connectivity index (χ4v) is 2.62. The summed E-state index contributed by atoms with van der Waals surface area (Å²) in [5.41, 5.74) is 2.60. The Labute approximate surface area is 142 Å². The Bertz CT molecular complexity index is 636. The number of carbonyl (C=O) groups excluding carboxylic acids is 3. The van der Waals surface area contributed by atoms with Gasteiger partial charge in [0.1, 0.15) is 6.54 Å². The molecule has 130 valence electrons. The van der Waals surface area contributed by atoms with Crippen LogP contribution in [0, 0.1) is 13.8 Å². The highest BCUT2D eigenvalue weighted by molar-refractivity contribution is 5.96. The Kier molecular flexibility index (Phi) is 5.95. The van der Waals surface area contributed by atoms with Crippen LogP contribution in [-0.2, 0) is 14.3 Å². The highest BCUT2D eigenvalue weighted by Gasteiger charge is 2.25. The number of nitrogens with zero attached hydrogens (tertiary/aromatic N) is 1. The molecule has 2 rings (SSSR count). The number of ether oxygens (including phenoxy) is 1. The topological polar surface area (TPSA) is 75.7 Å². The molecule has 1 heterocycles. The van der Waals surface area contributed by atoms with Gasteiger partial charge in [-0.3, -0.25) is 14.4 Å². The van der Waals surface area contributed by atoms with Crippen LogP contribution in [0.1, 0.15) is 41.3 Å². The molecule has 1 aliphatic rings. The molecule has 6 heteroatoms. The summed E-state index contributed by atoms with van der Waals surface area (Å²) in [5.74, 6) is -1.14. The zero-order valence-corrected chi connectivity index (χ0v) is 14.4. The van der Waals surface area contributed by atoms with Gasteiger partial charge in [-0.1, -0.05) is 6.07 Å². The molecule has 1 aliphatic heterocycles. The third-order valence-electron chi connectivity index (χ3n) is 4.24. The molecule has 24 heavy (non-hydrogen) atoms. The first kappa shape index (κ1) is 18.0. The summed E-state index contributed by atoms with van der Waals surface area (Å²) in [5, 5.41) is 2.52. The van der Waals surface area contributed by atoms with Crippen molar-refractivity contribution < 1.29 is 19.1 Å². The molecule has 1 saturated heterocycles. The lowest BCUT2D eigenvalue weighted by molar-refractivity contribution is -0.157. The molecule has 0 aromatic heterocycles. The highest BCUT2D eigenvalue weighted by Crippen LogP contribution is 2.11. The van der Waals surface area contributed by atoms with Gasteiger partial charge >= 0.3 is 5.97 Å². The smallest absolute Gasteiger partial charge is 0.326 e. The number of rotatable bonds is 5. The van der Waals surface area contributed by atoms with Gasteiger partial charge in [-0.25, -0.2) is 0 Å². The molecule has 1 aromatic carbocycles. The van der Waals surface area contributed by atoms with Crippen molar-refractivity contribution in [2.45, 2.75) is 39.7 Å². The van der Waals surface area contributed by atoms with E-state index < -0.39 is 12.1 Å². The number of benzene rings is 1. The maximum atomic E-state index is 12.1. The van der Waals surface area contributed by atoms with E-state index in [0.717, 1.165) is 24.0 Å². The van der Waals surface area contributed by atoms with Crippen LogP contribution >= 0.6 is 0 Å². The lowest BCUT2D eigenvalue weighted by Crippen LogP contribution is -2.40. The van der Waals surface area contributed by atoms with Crippen molar-refractivity contribution in [3.05, 3.63) is 34.9 Å². The molecule has 2 amide bonds. The Morgan fingerprint density at radius 1 is 1.17 bits per heavy atom. The molecule has 0 radical (unpaired) electrons. The highest BCUT2D eigenvalue weighted by atomic mass is 16.5. The molecular weight excluding hydrogens is 308 g/mol. The minimum absolute atomic E-state index is 0.179. The minimum atomic E-state index is -0.825. The summed E-state index contributed by atoms with van der Waals surface area (Å²) in [6.07, 6.45) is 1.14. The van der Waals surface area contributed by atoms with Crippen LogP contribution < -0.4 is 5.32 Å². The second-order valence-corrected chi connectivity index (χ2v) is 6.15. The second kappa shape index (κ2) is 7.95. The average molecular weight is 332 g/mol. The summed E-state index contributed by atoms with van der Waals surface area (Å²) in [6.45, 7) is 6.61. The van der Waals surface area contributed by atoms with E-state index in [-0.39, 0.29) is 18.4 Å². The van der Waals surface area contributed by atoms with E-state index in [4.69, 9.17) is 4.74 Å². The molecule has 0 saturated carbocycles. The van der Waals surface area contributed by atoms with Gasteiger partial charge in [0.05, 0.1) is 0 Å². The number of esters is 1. The maximum absolute atomic E-state index is 12.1. The molecule has 6 nitrogen and oxygen atoms in total. The van der Waals surface area contributed by atoms with Crippen molar-refractivity contribution in [1.29, 1.82) is 0 Å². The van der Waals surface area contributed by atoms with Crippen molar-refractivity contribution in [3.63, 3.8) is 0 Å². The van der Waals surface area contributed by atoms with Gasteiger partial charge in [-0.2, -0.15) is 0 Å². The number of hydrogen-bond donors (Lipinski definition) is 1. The van der Waals surface area contributed by atoms with Crippen molar-refractivity contribution in [2.24, 2.45) is 0 Å². The van der Waals surface area contributed by atoms with Gasteiger partial charge in [0.25, 0.3) is 11.8 Å². The van der Waals surface area contributed by atoms with E-state index in [1.165, 1.54) is 0 Å². The Morgan fingerprint density at radius 3 is 2.46 bits per heavy atom. The first-order valence-electron chi connectivity index (χ1n) is 8.22. The average Bonchev–Trinajstić information content (AvgIpc) is 3.08. The van der Waals surface area contributed by atoms with Crippen LogP contribution in [0.2, 0.25) is 0 Å². The van der Waals surface area contributed by atoms with Crippen molar-refractivity contribution in [1.82, 2.24) is 10.2 Å². The Hall–Kier alpha value is -2.37. The van der Waals surface area contributed by atoms with Gasteiger partial charge in [0, 0.05) is 18.7 Å². The molecule has 0 bridgehead atoms. The Balaban J connectivity index is 1.80. The van der Waals surface area contributed by atoms with Crippen LogP contribution in [0.15, 0.2) is 18.2 Å². The van der Waals surface area contributed by atoms with Gasteiger partial charge in [-0.15, -0.1) is 0 Å². The van der Waals surface area contributed by atoms with E-state index in [2.05, 4.69) is 5.32 Å². The third kappa shape index (κ3) is 4.57. The summed E-state index contributed by atoms with van der Waals surface area (Å²) >= 11 is 0.